The van der Waals surface area contributed by atoms with Crippen LogP contribution in [0.25, 0.3) is 11.0 Å². The van der Waals surface area contributed by atoms with Gasteiger partial charge in [0.2, 0.25) is 0 Å². The largest absolute Gasteiger partial charge is 0.376 e. The van der Waals surface area contributed by atoms with Gasteiger partial charge in [-0.05, 0) is 25.0 Å². The molecule has 0 bridgehead atoms. The second-order valence-electron chi connectivity index (χ2n) is 4.95. The Bertz CT molecular complexity index is 538. The van der Waals surface area contributed by atoms with Crippen molar-refractivity contribution in [3.05, 3.63) is 30.5 Å². The lowest BCUT2D eigenvalue weighted by molar-refractivity contribution is 0.0658. The Morgan fingerprint density at radius 1 is 1.16 bits per heavy atom. The van der Waals surface area contributed by atoms with Gasteiger partial charge in [-0.1, -0.05) is 25.0 Å². The van der Waals surface area contributed by atoms with Crippen LogP contribution in [0, 0.1) is 0 Å². The Morgan fingerprint density at radius 2 is 1.95 bits per heavy atom. The van der Waals surface area contributed by atoms with Crippen LogP contribution in [0.15, 0.2) is 30.5 Å². The van der Waals surface area contributed by atoms with E-state index in [-0.39, 0.29) is 0 Å². The summed E-state index contributed by atoms with van der Waals surface area (Å²) in [6.45, 7) is 1.52. The van der Waals surface area contributed by atoms with E-state index in [1.807, 2.05) is 24.3 Å². The van der Waals surface area contributed by atoms with Gasteiger partial charge in [-0.15, -0.1) is 0 Å². The van der Waals surface area contributed by atoms with E-state index < -0.39 is 0 Å². The van der Waals surface area contributed by atoms with E-state index in [4.69, 9.17) is 4.74 Å². The summed E-state index contributed by atoms with van der Waals surface area (Å²) in [4.78, 5) is 8.89. The summed E-state index contributed by atoms with van der Waals surface area (Å²) in [7, 11) is 0. The molecule has 1 aromatic heterocycles. The molecule has 19 heavy (non-hydrogen) atoms. The quantitative estimate of drug-likeness (QED) is 0.836. The minimum atomic E-state index is 0.476. The van der Waals surface area contributed by atoms with Crippen molar-refractivity contribution < 1.29 is 4.74 Å². The third-order valence-electron chi connectivity index (χ3n) is 3.51. The maximum atomic E-state index is 5.80. The Balaban J connectivity index is 1.50. The summed E-state index contributed by atoms with van der Waals surface area (Å²) in [6.07, 6.45) is 7.32. The van der Waals surface area contributed by atoms with Gasteiger partial charge in [0.1, 0.15) is 5.82 Å². The van der Waals surface area contributed by atoms with Gasteiger partial charge in [-0.3, -0.25) is 4.98 Å². The van der Waals surface area contributed by atoms with E-state index in [0.717, 1.165) is 30.0 Å². The van der Waals surface area contributed by atoms with Gasteiger partial charge < -0.3 is 10.1 Å². The van der Waals surface area contributed by atoms with Gasteiger partial charge in [-0.2, -0.15) is 0 Å². The zero-order valence-electron chi connectivity index (χ0n) is 11.0. The van der Waals surface area contributed by atoms with Crippen molar-refractivity contribution in [1.29, 1.82) is 0 Å². The van der Waals surface area contributed by atoms with Crippen LogP contribution in [0.5, 0.6) is 0 Å². The highest BCUT2D eigenvalue weighted by molar-refractivity contribution is 5.75. The molecule has 0 saturated heterocycles. The van der Waals surface area contributed by atoms with Crippen LogP contribution >= 0.6 is 0 Å². The standard InChI is InChI=1S/C15H19N3O/c1-2-6-12(5-1)19-10-9-16-15-11-17-13-7-3-4-8-14(13)18-15/h3-4,7-8,11-12H,1-2,5-6,9-10H2,(H,16,18). The minimum absolute atomic E-state index is 0.476. The van der Waals surface area contributed by atoms with Gasteiger partial charge >= 0.3 is 0 Å². The van der Waals surface area contributed by atoms with Crippen molar-refractivity contribution in [3.63, 3.8) is 0 Å². The molecule has 0 amide bonds. The predicted octanol–water partition coefficient (Wildman–Crippen LogP) is 3.00. The predicted molar refractivity (Wildman–Crippen MR) is 76.2 cm³/mol. The number of anilines is 1. The van der Waals surface area contributed by atoms with Crippen molar-refractivity contribution in [3.8, 4) is 0 Å². The van der Waals surface area contributed by atoms with Gasteiger partial charge in [0.05, 0.1) is 29.9 Å². The van der Waals surface area contributed by atoms with E-state index in [9.17, 15) is 0 Å². The monoisotopic (exact) mass is 257 g/mol. The molecule has 1 N–H and O–H groups in total. The summed E-state index contributed by atoms with van der Waals surface area (Å²) in [5, 5.41) is 3.26. The van der Waals surface area contributed by atoms with Gasteiger partial charge in [0.15, 0.2) is 0 Å². The average molecular weight is 257 g/mol. The summed E-state index contributed by atoms with van der Waals surface area (Å²) in [6, 6.07) is 7.89. The third-order valence-corrected chi connectivity index (χ3v) is 3.51. The van der Waals surface area contributed by atoms with Crippen LogP contribution in [-0.2, 0) is 4.74 Å². The molecule has 1 aromatic carbocycles. The molecule has 0 spiro atoms. The first-order chi connectivity index (χ1) is 9.42. The SMILES string of the molecule is c1ccc2nc(NCCOC3CCCC3)cnc2c1. The second-order valence-corrected chi connectivity index (χ2v) is 4.95. The molecule has 0 unspecified atom stereocenters. The molecule has 0 radical (unpaired) electrons. The number of nitrogens with zero attached hydrogens (tertiary/aromatic N) is 2. The van der Waals surface area contributed by atoms with Crippen LogP contribution in [0.1, 0.15) is 25.7 Å². The molecule has 100 valence electrons. The number of ether oxygens (including phenoxy) is 1. The van der Waals surface area contributed by atoms with Crippen LogP contribution < -0.4 is 5.32 Å². The van der Waals surface area contributed by atoms with Crippen molar-refractivity contribution in [2.45, 2.75) is 31.8 Å². The average Bonchev–Trinajstić information content (AvgIpc) is 2.97. The fourth-order valence-corrected chi connectivity index (χ4v) is 2.50. The van der Waals surface area contributed by atoms with Gasteiger partial charge in [-0.25, -0.2) is 4.98 Å². The number of benzene rings is 1. The molecular weight excluding hydrogens is 238 g/mol. The molecule has 1 fully saturated rings. The van der Waals surface area contributed by atoms with E-state index >= 15 is 0 Å². The number of aromatic nitrogens is 2. The molecule has 1 heterocycles. The zero-order chi connectivity index (χ0) is 12.9. The molecule has 4 heteroatoms. The molecular formula is C15H19N3O. The van der Waals surface area contributed by atoms with E-state index in [1.165, 1.54) is 25.7 Å². The Labute approximate surface area is 113 Å². The van der Waals surface area contributed by atoms with Crippen LogP contribution in [0.3, 0.4) is 0 Å². The molecule has 1 aliphatic carbocycles. The Kier molecular flexibility index (Phi) is 3.89. The lowest BCUT2D eigenvalue weighted by atomic mass is 10.3. The van der Waals surface area contributed by atoms with Crippen LogP contribution in [0.4, 0.5) is 5.82 Å². The Morgan fingerprint density at radius 3 is 2.79 bits per heavy atom. The first-order valence-electron chi connectivity index (χ1n) is 6.99. The van der Waals surface area contributed by atoms with E-state index in [0.29, 0.717) is 6.10 Å². The highest BCUT2D eigenvalue weighted by Crippen LogP contribution is 2.20. The summed E-state index contributed by atoms with van der Waals surface area (Å²) >= 11 is 0. The highest BCUT2D eigenvalue weighted by Gasteiger charge is 2.14. The van der Waals surface area contributed by atoms with Crippen molar-refractivity contribution in [1.82, 2.24) is 9.97 Å². The molecule has 3 rings (SSSR count). The number of nitrogens with one attached hydrogen (secondary N) is 1. The molecule has 0 aliphatic heterocycles. The highest BCUT2D eigenvalue weighted by atomic mass is 16.5. The fraction of sp³-hybridized carbons (Fsp3) is 0.467. The topological polar surface area (TPSA) is 47.0 Å². The summed E-state index contributed by atoms with van der Waals surface area (Å²) in [5.74, 6) is 0.814. The maximum absolute atomic E-state index is 5.80. The van der Waals surface area contributed by atoms with Crippen molar-refractivity contribution >= 4 is 16.9 Å². The molecule has 2 aromatic rings. The van der Waals surface area contributed by atoms with E-state index in [2.05, 4.69) is 15.3 Å². The lowest BCUT2D eigenvalue weighted by Gasteiger charge is -2.11. The lowest BCUT2D eigenvalue weighted by Crippen LogP contribution is -2.15. The second kappa shape index (κ2) is 5.97. The first kappa shape index (κ1) is 12.4. The maximum Gasteiger partial charge on any atom is 0.145 e. The molecule has 4 nitrogen and oxygen atoms in total. The number of fused-ring (bicyclic) bond motifs is 1. The minimum Gasteiger partial charge on any atom is -0.376 e. The molecule has 0 atom stereocenters. The number of rotatable bonds is 5. The Hall–Kier alpha value is -1.68. The van der Waals surface area contributed by atoms with Gasteiger partial charge in [0, 0.05) is 6.54 Å². The van der Waals surface area contributed by atoms with Crippen LogP contribution in [-0.4, -0.2) is 29.2 Å². The number of para-hydroxylation sites is 2. The molecule has 1 aliphatic rings. The molecule has 1 saturated carbocycles. The van der Waals surface area contributed by atoms with Crippen LogP contribution in [0.2, 0.25) is 0 Å². The van der Waals surface area contributed by atoms with E-state index in [1.54, 1.807) is 6.20 Å². The third kappa shape index (κ3) is 3.20. The summed E-state index contributed by atoms with van der Waals surface area (Å²) < 4.78 is 5.80. The van der Waals surface area contributed by atoms with Crippen molar-refractivity contribution in [2.75, 3.05) is 18.5 Å². The first-order valence-corrected chi connectivity index (χ1v) is 6.99. The summed E-state index contributed by atoms with van der Waals surface area (Å²) in [5.41, 5.74) is 1.85. The van der Waals surface area contributed by atoms with Crippen molar-refractivity contribution in [2.24, 2.45) is 0 Å². The zero-order valence-corrected chi connectivity index (χ0v) is 11.0. The smallest absolute Gasteiger partial charge is 0.145 e. The normalized spacial score (nSPS) is 16.0. The number of hydrogen-bond donors (Lipinski definition) is 1. The fourth-order valence-electron chi connectivity index (χ4n) is 2.50. The number of hydrogen-bond acceptors (Lipinski definition) is 4. The van der Waals surface area contributed by atoms with Gasteiger partial charge in [0.25, 0.3) is 0 Å².